The van der Waals surface area contributed by atoms with Crippen molar-refractivity contribution >= 4 is 28.4 Å². The summed E-state index contributed by atoms with van der Waals surface area (Å²) in [6.45, 7) is 0.418. The van der Waals surface area contributed by atoms with Crippen LogP contribution in [0.3, 0.4) is 0 Å². The lowest BCUT2D eigenvalue weighted by Gasteiger charge is -2.10. The van der Waals surface area contributed by atoms with Crippen LogP contribution in [0.15, 0.2) is 60.9 Å². The molecule has 0 spiro atoms. The minimum atomic E-state index is -1.34. The van der Waals surface area contributed by atoms with Gasteiger partial charge in [0.1, 0.15) is 5.82 Å². The number of pyridine rings is 1. The number of nitrogens with one attached hydrogen (secondary N) is 1. The van der Waals surface area contributed by atoms with E-state index in [0.717, 1.165) is 10.9 Å². The van der Waals surface area contributed by atoms with E-state index in [4.69, 9.17) is 0 Å². The molecule has 0 aliphatic rings. The van der Waals surface area contributed by atoms with Gasteiger partial charge < -0.3 is 9.88 Å². The van der Waals surface area contributed by atoms with Crippen molar-refractivity contribution in [2.24, 2.45) is 5.92 Å². The van der Waals surface area contributed by atoms with Gasteiger partial charge in [-0.1, -0.05) is 24.3 Å². The number of aromatic nitrogens is 2. The molecule has 6 heteroatoms. The van der Waals surface area contributed by atoms with Gasteiger partial charge in [-0.05, 0) is 29.7 Å². The van der Waals surface area contributed by atoms with Crippen LogP contribution in [0.2, 0.25) is 0 Å². The maximum Gasteiger partial charge on any atom is 0.250 e. The van der Waals surface area contributed by atoms with Crippen molar-refractivity contribution in [2.45, 2.75) is 13.0 Å². The maximum atomic E-state index is 12.3. The second-order valence-corrected chi connectivity index (χ2v) is 5.55. The smallest absolute Gasteiger partial charge is 0.250 e. The number of carbonyl (C=O) groups excluding carboxylic acids is 2. The van der Waals surface area contributed by atoms with Crippen LogP contribution in [-0.4, -0.2) is 21.2 Å². The fourth-order valence-electron chi connectivity index (χ4n) is 2.62. The van der Waals surface area contributed by atoms with Gasteiger partial charge in [0.15, 0.2) is 11.7 Å². The third-order valence-corrected chi connectivity index (χ3v) is 3.91. The number of carbonyl (C=O) groups is 2. The predicted molar refractivity (Wildman–Crippen MR) is 93.5 cm³/mol. The summed E-state index contributed by atoms with van der Waals surface area (Å²) in [6, 6.07) is 16.6. The zero-order valence-corrected chi connectivity index (χ0v) is 13.4. The van der Waals surface area contributed by atoms with E-state index in [1.165, 1.54) is 6.20 Å². The van der Waals surface area contributed by atoms with Gasteiger partial charge in [-0.3, -0.25) is 9.59 Å². The van der Waals surface area contributed by atoms with Gasteiger partial charge >= 0.3 is 0 Å². The number of aryl methyl sites for hydroxylation is 1. The second-order valence-electron chi connectivity index (χ2n) is 5.55. The Kier molecular flexibility index (Phi) is 4.86. The molecule has 0 radical (unpaired) electrons. The number of anilines is 1. The highest BCUT2D eigenvalue weighted by Crippen LogP contribution is 2.16. The molecule has 6 nitrogen and oxygen atoms in total. The lowest BCUT2D eigenvalue weighted by molar-refractivity contribution is -0.129. The quantitative estimate of drug-likeness (QED) is 0.703. The number of Topliss-reactive ketones (excluding diaryl/α,β-unsaturated/α-hetero) is 1. The van der Waals surface area contributed by atoms with Gasteiger partial charge in [0.05, 0.1) is 6.07 Å². The number of amides is 1. The average Bonchev–Trinajstić information content (AvgIpc) is 3.04. The average molecular weight is 332 g/mol. The molecule has 2 aromatic heterocycles. The van der Waals surface area contributed by atoms with Gasteiger partial charge in [-0.2, -0.15) is 5.26 Å². The van der Waals surface area contributed by atoms with Crippen LogP contribution in [0.5, 0.6) is 0 Å². The topological polar surface area (TPSA) is 87.8 Å². The van der Waals surface area contributed by atoms with Crippen LogP contribution >= 0.6 is 0 Å². The molecule has 3 aromatic rings. The molecule has 25 heavy (non-hydrogen) atoms. The van der Waals surface area contributed by atoms with Crippen molar-refractivity contribution in [2.75, 3.05) is 5.32 Å². The predicted octanol–water partition coefficient (Wildman–Crippen LogP) is 2.77. The first-order valence-corrected chi connectivity index (χ1v) is 7.87. The maximum absolute atomic E-state index is 12.3. The van der Waals surface area contributed by atoms with Gasteiger partial charge in [0.25, 0.3) is 5.91 Å². The molecule has 3 rings (SSSR count). The molecule has 0 saturated heterocycles. The summed E-state index contributed by atoms with van der Waals surface area (Å²) in [4.78, 5) is 28.4. The Bertz CT molecular complexity index is 941. The van der Waals surface area contributed by atoms with Crippen LogP contribution in [-0.2, 0) is 16.1 Å². The summed E-state index contributed by atoms with van der Waals surface area (Å²) < 4.78 is 1.94. The van der Waals surface area contributed by atoms with Crippen molar-refractivity contribution < 1.29 is 9.59 Å². The number of benzene rings is 1. The minimum absolute atomic E-state index is 0.104. The summed E-state index contributed by atoms with van der Waals surface area (Å²) in [5, 5.41) is 12.8. The first kappa shape index (κ1) is 16.4. The lowest BCUT2D eigenvalue weighted by atomic mass is 10.0. The van der Waals surface area contributed by atoms with Crippen molar-refractivity contribution in [3.05, 3.63) is 60.9 Å². The minimum Gasteiger partial charge on any atom is -0.347 e. The van der Waals surface area contributed by atoms with Crippen molar-refractivity contribution in [1.82, 2.24) is 9.55 Å². The molecule has 1 amide bonds. The number of fused-ring (bicyclic) bond motifs is 1. The number of hydrogen-bond donors (Lipinski definition) is 1. The zero-order chi connectivity index (χ0) is 17.6. The summed E-state index contributed by atoms with van der Waals surface area (Å²) in [5.74, 6) is -2.09. The Morgan fingerprint density at radius 3 is 2.72 bits per heavy atom. The first-order chi connectivity index (χ1) is 12.2. The Morgan fingerprint density at radius 2 is 1.96 bits per heavy atom. The standard InChI is InChI=1S/C19H16N4O2/c20-13-15(19(25)22-18-7-3-4-10-21-18)17(24)9-12-23-11-8-14-5-1-2-6-16(14)23/h1-8,10-11,15H,9,12H2,(H,21,22,25). The van der Waals surface area contributed by atoms with E-state index in [1.807, 2.05) is 41.1 Å². The van der Waals surface area contributed by atoms with E-state index >= 15 is 0 Å². The van der Waals surface area contributed by atoms with Gasteiger partial charge in [-0.25, -0.2) is 4.98 Å². The molecule has 124 valence electrons. The summed E-state index contributed by atoms with van der Waals surface area (Å²) in [7, 11) is 0. The Balaban J connectivity index is 1.64. The largest absolute Gasteiger partial charge is 0.347 e. The first-order valence-electron chi connectivity index (χ1n) is 7.87. The Hall–Kier alpha value is -3.46. The van der Waals surface area contributed by atoms with E-state index in [2.05, 4.69) is 10.3 Å². The number of hydrogen-bond acceptors (Lipinski definition) is 4. The molecular weight excluding hydrogens is 316 g/mol. The molecule has 1 aromatic carbocycles. The monoisotopic (exact) mass is 332 g/mol. The van der Waals surface area contributed by atoms with Crippen LogP contribution in [0, 0.1) is 17.2 Å². The third-order valence-electron chi connectivity index (χ3n) is 3.91. The summed E-state index contributed by atoms with van der Waals surface area (Å²) in [5.41, 5.74) is 1.02. The SMILES string of the molecule is N#CC(C(=O)CCn1ccc2ccccc21)C(=O)Nc1ccccn1. The number of ketones is 1. The molecule has 0 aliphatic carbocycles. The van der Waals surface area contributed by atoms with E-state index in [-0.39, 0.29) is 6.42 Å². The molecule has 1 atom stereocenters. The van der Waals surface area contributed by atoms with Gasteiger partial charge in [-0.15, -0.1) is 0 Å². The highest BCUT2D eigenvalue weighted by molar-refractivity contribution is 6.09. The van der Waals surface area contributed by atoms with Crippen LogP contribution in [0.25, 0.3) is 10.9 Å². The van der Waals surface area contributed by atoms with E-state index in [9.17, 15) is 14.9 Å². The molecule has 0 fully saturated rings. The highest BCUT2D eigenvalue weighted by atomic mass is 16.2. The Morgan fingerprint density at radius 1 is 1.16 bits per heavy atom. The lowest BCUT2D eigenvalue weighted by Crippen LogP contribution is -2.29. The zero-order valence-electron chi connectivity index (χ0n) is 13.4. The molecule has 0 saturated carbocycles. The van der Waals surface area contributed by atoms with Crippen molar-refractivity contribution in [1.29, 1.82) is 5.26 Å². The summed E-state index contributed by atoms with van der Waals surface area (Å²) in [6.07, 6.45) is 3.52. The van der Waals surface area contributed by atoms with Gasteiger partial charge in [0, 0.05) is 30.9 Å². The Labute approximate surface area is 144 Å². The van der Waals surface area contributed by atoms with E-state index in [0.29, 0.717) is 12.4 Å². The molecule has 1 N–H and O–H groups in total. The van der Waals surface area contributed by atoms with Gasteiger partial charge in [0.2, 0.25) is 0 Å². The molecule has 1 unspecified atom stereocenters. The van der Waals surface area contributed by atoms with Crippen LogP contribution in [0.1, 0.15) is 6.42 Å². The fraction of sp³-hybridized carbons (Fsp3) is 0.158. The van der Waals surface area contributed by atoms with Crippen molar-refractivity contribution in [3.63, 3.8) is 0 Å². The van der Waals surface area contributed by atoms with E-state index in [1.54, 1.807) is 24.3 Å². The third kappa shape index (κ3) is 3.72. The van der Waals surface area contributed by atoms with Crippen LogP contribution < -0.4 is 5.32 Å². The molecule has 0 aliphatic heterocycles. The highest BCUT2D eigenvalue weighted by Gasteiger charge is 2.26. The molecule has 0 bridgehead atoms. The van der Waals surface area contributed by atoms with Crippen LogP contribution in [0.4, 0.5) is 5.82 Å². The molecular formula is C19H16N4O2. The normalized spacial score (nSPS) is 11.6. The van der Waals surface area contributed by atoms with Crippen molar-refractivity contribution in [3.8, 4) is 6.07 Å². The fourth-order valence-corrected chi connectivity index (χ4v) is 2.62. The molecule has 2 heterocycles. The van der Waals surface area contributed by atoms with E-state index < -0.39 is 17.6 Å². The number of rotatable bonds is 6. The number of para-hydroxylation sites is 1. The number of nitrogens with zero attached hydrogens (tertiary/aromatic N) is 3. The second kappa shape index (κ2) is 7.41. The number of nitriles is 1. The summed E-state index contributed by atoms with van der Waals surface area (Å²) >= 11 is 0.